The molecule has 92 valence electrons. The number of likely N-dealkylation sites (N-methyl/N-ethyl adjacent to an activating group) is 1. The Labute approximate surface area is 114 Å². The molecule has 0 radical (unpaired) electrons. The molecule has 2 heterocycles. The van der Waals surface area contributed by atoms with Gasteiger partial charge in [-0.3, -0.25) is 4.90 Å². The summed E-state index contributed by atoms with van der Waals surface area (Å²) in [5, 5.41) is 0.887. The fourth-order valence-corrected chi connectivity index (χ4v) is 3.22. The van der Waals surface area contributed by atoms with Crippen LogP contribution in [0.3, 0.4) is 0 Å². The van der Waals surface area contributed by atoms with Gasteiger partial charge in [-0.1, -0.05) is 35.9 Å². The van der Waals surface area contributed by atoms with Crippen LogP contribution in [-0.2, 0) is 0 Å². The lowest BCUT2D eigenvalue weighted by Gasteiger charge is -2.30. The maximum atomic E-state index is 6.26. The number of rotatable bonds is 1. The van der Waals surface area contributed by atoms with Crippen molar-refractivity contribution in [3.63, 3.8) is 0 Å². The van der Waals surface area contributed by atoms with Gasteiger partial charge in [0.1, 0.15) is 0 Å². The van der Waals surface area contributed by atoms with Crippen LogP contribution in [0.4, 0.5) is 0 Å². The van der Waals surface area contributed by atoms with E-state index in [-0.39, 0.29) is 12.4 Å². The van der Waals surface area contributed by atoms with Gasteiger partial charge in [0.25, 0.3) is 0 Å². The molecule has 2 unspecified atom stereocenters. The molecule has 1 aromatic rings. The van der Waals surface area contributed by atoms with Crippen molar-refractivity contribution in [3.05, 3.63) is 40.9 Å². The van der Waals surface area contributed by atoms with E-state index in [4.69, 9.17) is 11.6 Å². The lowest BCUT2D eigenvalue weighted by molar-refractivity contribution is 0.264. The average molecular weight is 270 g/mol. The zero-order chi connectivity index (χ0) is 11.1. The van der Waals surface area contributed by atoms with Gasteiger partial charge >= 0.3 is 0 Å². The first-order valence-corrected chi connectivity index (χ1v) is 6.31. The van der Waals surface area contributed by atoms with Crippen LogP contribution in [0.2, 0.25) is 5.02 Å². The van der Waals surface area contributed by atoms with E-state index < -0.39 is 0 Å². The quantitative estimate of drug-likeness (QED) is 0.745. The number of hydrogen-bond acceptors (Lipinski definition) is 1. The molecule has 0 spiro atoms. The Morgan fingerprint density at radius 3 is 2.71 bits per heavy atom. The maximum absolute atomic E-state index is 6.26. The highest BCUT2D eigenvalue weighted by Crippen LogP contribution is 2.38. The summed E-state index contributed by atoms with van der Waals surface area (Å²) < 4.78 is 0. The Balaban J connectivity index is 0.00000108. The standard InChI is InChI=1S/C14H16ClN.ClH/c1-16-11-6-7-12(16)9-10(8-11)13-4-2-3-5-14(13)15;/h2-5,8,11-12H,6-7,9H2,1H3;1H. The molecule has 3 rings (SSSR count). The van der Waals surface area contributed by atoms with Crippen LogP contribution in [0.25, 0.3) is 5.57 Å². The Hall–Kier alpha value is -0.500. The van der Waals surface area contributed by atoms with Crippen LogP contribution in [0, 0.1) is 0 Å². The first kappa shape index (κ1) is 12.9. The Bertz CT molecular complexity index is 442. The first-order chi connectivity index (χ1) is 7.75. The molecule has 0 amide bonds. The van der Waals surface area contributed by atoms with E-state index in [1.165, 1.54) is 24.0 Å². The molecule has 3 heteroatoms. The fourth-order valence-electron chi connectivity index (χ4n) is 2.96. The van der Waals surface area contributed by atoms with Gasteiger partial charge in [-0.25, -0.2) is 0 Å². The fraction of sp³-hybridized carbons (Fsp3) is 0.429. The number of fused-ring (bicyclic) bond motifs is 2. The van der Waals surface area contributed by atoms with Crippen LogP contribution in [0.5, 0.6) is 0 Å². The SMILES string of the molecule is CN1C2C=C(c3ccccc3Cl)CC1CC2.Cl. The molecule has 1 saturated heterocycles. The summed E-state index contributed by atoms with van der Waals surface area (Å²) in [6, 6.07) is 9.54. The molecule has 0 N–H and O–H groups in total. The minimum absolute atomic E-state index is 0. The van der Waals surface area contributed by atoms with Gasteiger partial charge in [-0.05, 0) is 43.5 Å². The molecule has 0 saturated carbocycles. The third-order valence-electron chi connectivity index (χ3n) is 3.96. The second-order valence-electron chi connectivity index (χ2n) is 4.84. The van der Waals surface area contributed by atoms with Gasteiger partial charge in [0.2, 0.25) is 0 Å². The molecule has 2 aliphatic rings. The summed E-state index contributed by atoms with van der Waals surface area (Å²) in [6.45, 7) is 0. The van der Waals surface area contributed by atoms with Crippen molar-refractivity contribution >= 4 is 29.6 Å². The highest BCUT2D eigenvalue weighted by molar-refractivity contribution is 6.32. The number of halogens is 2. The summed E-state index contributed by atoms with van der Waals surface area (Å²) in [7, 11) is 2.24. The molecule has 1 aromatic carbocycles. The Morgan fingerprint density at radius 2 is 2.00 bits per heavy atom. The van der Waals surface area contributed by atoms with E-state index in [9.17, 15) is 0 Å². The molecule has 2 aliphatic heterocycles. The molecule has 17 heavy (non-hydrogen) atoms. The monoisotopic (exact) mass is 269 g/mol. The van der Waals surface area contributed by atoms with Gasteiger partial charge in [0.05, 0.1) is 0 Å². The first-order valence-electron chi connectivity index (χ1n) is 5.93. The van der Waals surface area contributed by atoms with Crippen LogP contribution >= 0.6 is 24.0 Å². The Kier molecular flexibility index (Phi) is 3.82. The smallest absolute Gasteiger partial charge is 0.0481 e. The largest absolute Gasteiger partial charge is 0.297 e. The van der Waals surface area contributed by atoms with Crippen molar-refractivity contribution in [2.24, 2.45) is 0 Å². The lowest BCUT2D eigenvalue weighted by Crippen LogP contribution is -2.34. The van der Waals surface area contributed by atoms with Crippen LogP contribution in [0.15, 0.2) is 30.3 Å². The van der Waals surface area contributed by atoms with Crippen molar-refractivity contribution in [1.82, 2.24) is 4.90 Å². The number of hydrogen-bond donors (Lipinski definition) is 0. The van der Waals surface area contributed by atoms with Crippen LogP contribution in [-0.4, -0.2) is 24.0 Å². The van der Waals surface area contributed by atoms with Gasteiger partial charge in [-0.2, -0.15) is 0 Å². The van der Waals surface area contributed by atoms with Gasteiger partial charge in [0, 0.05) is 17.1 Å². The van der Waals surface area contributed by atoms with Crippen molar-refractivity contribution in [2.75, 3.05) is 7.05 Å². The van der Waals surface area contributed by atoms with E-state index in [2.05, 4.69) is 30.2 Å². The molecule has 2 bridgehead atoms. The predicted octanol–water partition coefficient (Wildman–Crippen LogP) is 4.01. The van der Waals surface area contributed by atoms with E-state index in [1.807, 2.05) is 12.1 Å². The summed E-state index contributed by atoms with van der Waals surface area (Å²) in [6.07, 6.45) is 6.18. The number of nitrogens with zero attached hydrogens (tertiary/aromatic N) is 1. The minimum atomic E-state index is 0. The second kappa shape index (κ2) is 5.01. The summed E-state index contributed by atoms with van der Waals surface area (Å²) >= 11 is 6.26. The Morgan fingerprint density at radius 1 is 1.24 bits per heavy atom. The second-order valence-corrected chi connectivity index (χ2v) is 5.25. The molecule has 2 atom stereocenters. The van der Waals surface area contributed by atoms with Crippen molar-refractivity contribution in [1.29, 1.82) is 0 Å². The summed E-state index contributed by atoms with van der Waals surface area (Å²) in [5.41, 5.74) is 2.67. The minimum Gasteiger partial charge on any atom is -0.297 e. The van der Waals surface area contributed by atoms with E-state index in [0.717, 1.165) is 17.5 Å². The van der Waals surface area contributed by atoms with Crippen molar-refractivity contribution < 1.29 is 0 Å². The van der Waals surface area contributed by atoms with E-state index >= 15 is 0 Å². The third kappa shape index (κ3) is 2.24. The predicted molar refractivity (Wildman–Crippen MR) is 75.9 cm³/mol. The molecule has 1 fully saturated rings. The molecular weight excluding hydrogens is 253 g/mol. The highest BCUT2D eigenvalue weighted by Gasteiger charge is 2.34. The van der Waals surface area contributed by atoms with E-state index in [0.29, 0.717) is 6.04 Å². The topological polar surface area (TPSA) is 3.24 Å². The molecule has 1 nitrogen and oxygen atoms in total. The lowest BCUT2D eigenvalue weighted by atomic mass is 9.95. The third-order valence-corrected chi connectivity index (χ3v) is 4.29. The summed E-state index contributed by atoms with van der Waals surface area (Å²) in [5.74, 6) is 0. The summed E-state index contributed by atoms with van der Waals surface area (Å²) in [4.78, 5) is 2.50. The normalized spacial score (nSPS) is 27.5. The molecule has 0 aliphatic carbocycles. The average Bonchev–Trinajstić information content (AvgIpc) is 2.53. The van der Waals surface area contributed by atoms with Gasteiger partial charge in [0.15, 0.2) is 0 Å². The van der Waals surface area contributed by atoms with Gasteiger partial charge in [-0.15, -0.1) is 12.4 Å². The zero-order valence-electron chi connectivity index (χ0n) is 9.90. The van der Waals surface area contributed by atoms with Crippen LogP contribution in [0.1, 0.15) is 24.8 Å². The van der Waals surface area contributed by atoms with Crippen LogP contribution < -0.4 is 0 Å². The van der Waals surface area contributed by atoms with E-state index in [1.54, 1.807) is 0 Å². The van der Waals surface area contributed by atoms with Crippen molar-refractivity contribution in [3.8, 4) is 0 Å². The molecular formula is C14H17Cl2N. The maximum Gasteiger partial charge on any atom is 0.0481 e. The number of benzene rings is 1. The van der Waals surface area contributed by atoms with Crippen molar-refractivity contribution in [2.45, 2.75) is 31.3 Å². The van der Waals surface area contributed by atoms with Gasteiger partial charge < -0.3 is 0 Å². The zero-order valence-corrected chi connectivity index (χ0v) is 11.5. The molecule has 0 aromatic heterocycles. The highest BCUT2D eigenvalue weighted by atomic mass is 35.5.